The van der Waals surface area contributed by atoms with Crippen LogP contribution < -0.4 is 9.47 Å². The topological polar surface area (TPSA) is 52.6 Å². The van der Waals surface area contributed by atoms with E-state index in [1.807, 2.05) is 0 Å². The number of carbonyl (C=O) groups excluding carboxylic acids is 2. The molecule has 0 aromatic heterocycles. The van der Waals surface area contributed by atoms with Gasteiger partial charge in [0.1, 0.15) is 11.5 Å². The van der Waals surface area contributed by atoms with Crippen molar-refractivity contribution in [3.63, 3.8) is 0 Å². The van der Waals surface area contributed by atoms with Crippen LogP contribution in [0.5, 0.6) is 11.5 Å². The first-order valence-corrected chi connectivity index (χ1v) is 6.26. The molecule has 0 atom stereocenters. The molecule has 2 aromatic carbocycles. The first-order valence-electron chi connectivity index (χ1n) is 6.26. The van der Waals surface area contributed by atoms with E-state index in [-0.39, 0.29) is 0 Å². The molecular formula is C17H14O4. The third-order valence-corrected chi connectivity index (χ3v) is 2.94. The predicted octanol–water partition coefficient (Wildman–Crippen LogP) is 3.37. The Morgan fingerprint density at radius 3 is 2.29 bits per heavy atom. The molecule has 0 radical (unpaired) electrons. The van der Waals surface area contributed by atoms with Crippen LogP contribution >= 0.6 is 0 Å². The molecule has 0 saturated carbocycles. The molecule has 21 heavy (non-hydrogen) atoms. The van der Waals surface area contributed by atoms with E-state index >= 15 is 0 Å². The highest BCUT2D eigenvalue weighted by Gasteiger charge is 2.10. The summed E-state index contributed by atoms with van der Waals surface area (Å²) < 4.78 is 10.3. The summed E-state index contributed by atoms with van der Waals surface area (Å²) >= 11 is 0. The lowest BCUT2D eigenvalue weighted by Gasteiger charge is -2.07. The molecule has 0 N–H and O–H groups in total. The highest BCUT2D eigenvalue weighted by molar-refractivity contribution is 5.93. The Morgan fingerprint density at radius 2 is 1.71 bits per heavy atom. The smallest absolute Gasteiger partial charge is 0.343 e. The number of carbonyl (C=O) groups is 2. The minimum absolute atomic E-state index is 0.353. The van der Waals surface area contributed by atoms with Crippen molar-refractivity contribution in [3.05, 3.63) is 65.7 Å². The molecule has 0 aliphatic rings. The standard InChI is InChI=1S/C17H14O4/c1-3-12-10-13(4-5-14(12)11-18)17(19)21-16-8-6-15(20-2)7-9-16/h3-11H,1H2,2H3. The minimum Gasteiger partial charge on any atom is -0.497 e. The molecule has 0 saturated heterocycles. The van der Waals surface area contributed by atoms with Crippen molar-refractivity contribution in [2.75, 3.05) is 7.11 Å². The third kappa shape index (κ3) is 3.36. The Hall–Kier alpha value is -2.88. The quantitative estimate of drug-likeness (QED) is 0.479. The summed E-state index contributed by atoms with van der Waals surface area (Å²) in [5.74, 6) is 0.597. The zero-order valence-electron chi connectivity index (χ0n) is 11.5. The zero-order chi connectivity index (χ0) is 15.2. The van der Waals surface area contributed by atoms with Crippen LogP contribution in [-0.2, 0) is 0 Å². The lowest BCUT2D eigenvalue weighted by molar-refractivity contribution is 0.0734. The summed E-state index contributed by atoms with van der Waals surface area (Å²) in [6.45, 7) is 3.62. The zero-order valence-corrected chi connectivity index (χ0v) is 11.5. The second kappa shape index (κ2) is 6.52. The van der Waals surface area contributed by atoms with Gasteiger partial charge in [0.05, 0.1) is 12.7 Å². The van der Waals surface area contributed by atoms with Crippen LogP contribution in [0.3, 0.4) is 0 Å². The largest absolute Gasteiger partial charge is 0.497 e. The minimum atomic E-state index is -0.499. The first kappa shape index (κ1) is 14.5. The Balaban J connectivity index is 2.19. The number of aldehydes is 1. The van der Waals surface area contributed by atoms with E-state index in [1.165, 1.54) is 6.08 Å². The molecule has 0 fully saturated rings. The van der Waals surface area contributed by atoms with Crippen molar-refractivity contribution in [2.24, 2.45) is 0 Å². The molecule has 2 rings (SSSR count). The van der Waals surface area contributed by atoms with Crippen molar-refractivity contribution in [1.82, 2.24) is 0 Å². The summed E-state index contributed by atoms with van der Waals surface area (Å²) in [7, 11) is 1.56. The molecule has 4 nitrogen and oxygen atoms in total. The van der Waals surface area contributed by atoms with Gasteiger partial charge in [-0.25, -0.2) is 4.79 Å². The van der Waals surface area contributed by atoms with E-state index in [4.69, 9.17) is 9.47 Å². The fourth-order valence-corrected chi connectivity index (χ4v) is 1.80. The first-order chi connectivity index (χ1) is 10.2. The SMILES string of the molecule is C=Cc1cc(C(=O)Oc2ccc(OC)cc2)ccc1C=O. The molecular weight excluding hydrogens is 268 g/mol. The van der Waals surface area contributed by atoms with Gasteiger partial charge in [0, 0.05) is 5.56 Å². The third-order valence-electron chi connectivity index (χ3n) is 2.94. The van der Waals surface area contributed by atoms with Gasteiger partial charge in [-0.3, -0.25) is 4.79 Å². The number of hydrogen-bond donors (Lipinski definition) is 0. The number of ether oxygens (including phenoxy) is 2. The maximum Gasteiger partial charge on any atom is 0.343 e. The number of methoxy groups -OCH3 is 1. The van der Waals surface area contributed by atoms with Crippen molar-refractivity contribution in [2.45, 2.75) is 0 Å². The van der Waals surface area contributed by atoms with Gasteiger partial charge in [0.25, 0.3) is 0 Å². The monoisotopic (exact) mass is 282 g/mol. The average Bonchev–Trinajstić information content (AvgIpc) is 2.54. The Morgan fingerprint density at radius 1 is 1.05 bits per heavy atom. The van der Waals surface area contributed by atoms with Gasteiger partial charge in [-0.05, 0) is 42.0 Å². The van der Waals surface area contributed by atoms with E-state index < -0.39 is 5.97 Å². The highest BCUT2D eigenvalue weighted by atomic mass is 16.5. The molecule has 0 aliphatic heterocycles. The summed E-state index contributed by atoms with van der Waals surface area (Å²) in [4.78, 5) is 22.9. The molecule has 0 unspecified atom stereocenters. The lowest BCUT2D eigenvalue weighted by Crippen LogP contribution is -2.09. The Labute approximate surface area is 122 Å². The Bertz CT molecular complexity index is 672. The normalized spacial score (nSPS) is 9.76. The maximum absolute atomic E-state index is 12.1. The average molecular weight is 282 g/mol. The van der Waals surface area contributed by atoms with E-state index in [2.05, 4.69) is 6.58 Å². The van der Waals surface area contributed by atoms with E-state index in [9.17, 15) is 9.59 Å². The molecule has 0 bridgehead atoms. The van der Waals surface area contributed by atoms with Crippen LogP contribution in [0.15, 0.2) is 49.0 Å². The van der Waals surface area contributed by atoms with E-state index in [1.54, 1.807) is 49.6 Å². The molecule has 4 heteroatoms. The van der Waals surface area contributed by atoms with Crippen molar-refractivity contribution >= 4 is 18.3 Å². The van der Waals surface area contributed by atoms with Gasteiger partial charge in [0.2, 0.25) is 0 Å². The summed E-state index contributed by atoms with van der Waals surface area (Å²) in [6, 6.07) is 11.4. The van der Waals surface area contributed by atoms with Gasteiger partial charge in [0.15, 0.2) is 6.29 Å². The van der Waals surface area contributed by atoms with Crippen molar-refractivity contribution in [3.8, 4) is 11.5 Å². The number of rotatable bonds is 5. The number of esters is 1. The molecule has 0 amide bonds. The molecule has 0 spiro atoms. The molecule has 0 heterocycles. The second-order valence-corrected chi connectivity index (χ2v) is 4.23. The fraction of sp³-hybridized carbons (Fsp3) is 0.0588. The lowest BCUT2D eigenvalue weighted by atomic mass is 10.0. The maximum atomic E-state index is 12.1. The van der Waals surface area contributed by atoms with Crippen LogP contribution in [0.1, 0.15) is 26.3 Å². The van der Waals surface area contributed by atoms with Crippen molar-refractivity contribution in [1.29, 1.82) is 0 Å². The van der Waals surface area contributed by atoms with E-state index in [0.29, 0.717) is 28.2 Å². The van der Waals surface area contributed by atoms with Gasteiger partial charge >= 0.3 is 5.97 Å². The van der Waals surface area contributed by atoms with Gasteiger partial charge in [-0.1, -0.05) is 18.7 Å². The van der Waals surface area contributed by atoms with Crippen LogP contribution in [0.25, 0.3) is 6.08 Å². The summed E-state index contributed by atoms with van der Waals surface area (Å²) in [6.07, 6.45) is 2.24. The summed E-state index contributed by atoms with van der Waals surface area (Å²) in [5, 5.41) is 0. The Kier molecular flexibility index (Phi) is 4.51. The molecule has 2 aromatic rings. The highest BCUT2D eigenvalue weighted by Crippen LogP contribution is 2.19. The summed E-state index contributed by atoms with van der Waals surface area (Å²) in [5.41, 5.74) is 1.42. The van der Waals surface area contributed by atoms with Crippen molar-refractivity contribution < 1.29 is 19.1 Å². The second-order valence-electron chi connectivity index (χ2n) is 4.23. The van der Waals surface area contributed by atoms with Crippen LogP contribution in [0.2, 0.25) is 0 Å². The fourth-order valence-electron chi connectivity index (χ4n) is 1.80. The number of hydrogen-bond acceptors (Lipinski definition) is 4. The van der Waals surface area contributed by atoms with Gasteiger partial charge in [-0.15, -0.1) is 0 Å². The van der Waals surface area contributed by atoms with Gasteiger partial charge < -0.3 is 9.47 Å². The predicted molar refractivity (Wildman–Crippen MR) is 79.9 cm³/mol. The van der Waals surface area contributed by atoms with Crippen LogP contribution in [0.4, 0.5) is 0 Å². The van der Waals surface area contributed by atoms with Crippen LogP contribution in [0, 0.1) is 0 Å². The molecule has 106 valence electrons. The van der Waals surface area contributed by atoms with E-state index in [0.717, 1.165) is 6.29 Å². The number of benzene rings is 2. The molecule has 0 aliphatic carbocycles. The van der Waals surface area contributed by atoms with Crippen LogP contribution in [-0.4, -0.2) is 19.4 Å². The van der Waals surface area contributed by atoms with Gasteiger partial charge in [-0.2, -0.15) is 0 Å².